The third-order valence-electron chi connectivity index (χ3n) is 5.08. The van der Waals surface area contributed by atoms with Gasteiger partial charge in [0.05, 0.1) is 4.99 Å². The Morgan fingerprint density at radius 1 is 1.13 bits per heavy atom. The third kappa shape index (κ3) is 8.63. The molecule has 0 aromatic rings. The van der Waals surface area contributed by atoms with E-state index in [-0.39, 0.29) is 29.2 Å². The molecule has 9 heteroatoms. The van der Waals surface area contributed by atoms with Crippen LogP contribution in [0.15, 0.2) is 0 Å². The first kappa shape index (κ1) is 27.1. The van der Waals surface area contributed by atoms with Gasteiger partial charge in [0.25, 0.3) is 0 Å². The molecule has 1 saturated heterocycles. The molecule has 0 saturated carbocycles. The van der Waals surface area contributed by atoms with Gasteiger partial charge in [-0.05, 0) is 60.3 Å². The zero-order valence-electron chi connectivity index (χ0n) is 20.1. The number of nitrogens with zero attached hydrogens (tertiary/aromatic N) is 1. The summed E-state index contributed by atoms with van der Waals surface area (Å²) in [6, 6.07) is -1.27. The number of carbonyl (C=O) groups is 3. The second-order valence-corrected chi connectivity index (χ2v) is 10.7. The minimum Gasteiger partial charge on any atom is -0.458 e. The zero-order valence-corrected chi connectivity index (χ0v) is 20.9. The fourth-order valence-corrected chi connectivity index (χ4v) is 3.95. The van der Waals surface area contributed by atoms with Crippen LogP contribution in [0.3, 0.4) is 0 Å². The van der Waals surface area contributed by atoms with Crippen LogP contribution in [0.25, 0.3) is 0 Å². The smallest absolute Gasteiger partial charge is 0.411 e. The topological polar surface area (TPSA) is 111 Å². The fourth-order valence-electron chi connectivity index (χ4n) is 3.70. The lowest BCUT2D eigenvalue weighted by molar-refractivity contribution is -0.160. The van der Waals surface area contributed by atoms with E-state index < -0.39 is 35.3 Å². The molecule has 1 aliphatic rings. The van der Waals surface area contributed by atoms with Gasteiger partial charge in [-0.25, -0.2) is 9.59 Å². The Bertz CT molecular complexity index is 684. The number of hydrogen-bond donors (Lipinski definition) is 2. The molecule has 1 aliphatic heterocycles. The second-order valence-electron chi connectivity index (χ2n) is 10.2. The number of nitrogens with two attached hydrogens (primary N) is 1. The lowest BCUT2D eigenvalue weighted by Gasteiger charge is -2.35. The molecular formula is C22H39N3O5S. The van der Waals surface area contributed by atoms with Crippen molar-refractivity contribution in [2.24, 2.45) is 17.6 Å². The van der Waals surface area contributed by atoms with Crippen molar-refractivity contribution < 1.29 is 23.9 Å². The van der Waals surface area contributed by atoms with Crippen molar-refractivity contribution in [2.45, 2.75) is 97.9 Å². The monoisotopic (exact) mass is 457 g/mol. The lowest BCUT2D eigenvalue weighted by atomic mass is 9.89. The second kappa shape index (κ2) is 10.6. The number of amides is 2. The predicted octanol–water partition coefficient (Wildman–Crippen LogP) is 3.16. The van der Waals surface area contributed by atoms with Crippen LogP contribution in [0.4, 0.5) is 4.79 Å². The molecule has 8 nitrogen and oxygen atoms in total. The Morgan fingerprint density at radius 2 is 1.68 bits per heavy atom. The largest absolute Gasteiger partial charge is 0.458 e. The van der Waals surface area contributed by atoms with E-state index >= 15 is 0 Å². The number of esters is 1. The summed E-state index contributed by atoms with van der Waals surface area (Å²) >= 11 is 5.30. The Morgan fingerprint density at radius 3 is 2.10 bits per heavy atom. The van der Waals surface area contributed by atoms with Crippen molar-refractivity contribution >= 4 is 35.2 Å². The number of rotatable bonds is 7. The maximum Gasteiger partial charge on any atom is 0.411 e. The molecule has 0 spiro atoms. The first-order valence-electron chi connectivity index (χ1n) is 10.8. The van der Waals surface area contributed by atoms with Gasteiger partial charge in [0.1, 0.15) is 17.2 Å². The summed E-state index contributed by atoms with van der Waals surface area (Å²) in [7, 11) is 0. The summed E-state index contributed by atoms with van der Waals surface area (Å²) in [5, 5.41) is 2.83. The van der Waals surface area contributed by atoms with E-state index in [2.05, 4.69) is 5.32 Å². The normalized spacial score (nSPS) is 22.6. The van der Waals surface area contributed by atoms with E-state index in [1.165, 1.54) is 11.8 Å². The summed E-state index contributed by atoms with van der Waals surface area (Å²) in [4.78, 5) is 39.3. The molecule has 1 rings (SSSR count). The van der Waals surface area contributed by atoms with Crippen molar-refractivity contribution in [3.05, 3.63) is 0 Å². The van der Waals surface area contributed by atoms with Gasteiger partial charge in [0.15, 0.2) is 0 Å². The molecule has 0 aromatic heterocycles. The first-order chi connectivity index (χ1) is 14.1. The maximum atomic E-state index is 13.2. The summed E-state index contributed by atoms with van der Waals surface area (Å²) in [5.74, 6) is -0.900. The van der Waals surface area contributed by atoms with Crippen LogP contribution in [-0.4, -0.2) is 57.7 Å². The Hall–Kier alpha value is -1.90. The molecule has 4 atom stereocenters. The molecule has 0 aliphatic carbocycles. The van der Waals surface area contributed by atoms with Crippen LogP contribution in [0.1, 0.15) is 74.7 Å². The fraction of sp³-hybridized carbons (Fsp3) is 0.818. The highest BCUT2D eigenvalue weighted by molar-refractivity contribution is 7.80. The number of ether oxygens (including phenoxy) is 2. The summed E-state index contributed by atoms with van der Waals surface area (Å²) in [5.41, 5.74) is 4.60. The van der Waals surface area contributed by atoms with E-state index in [1.807, 2.05) is 6.92 Å². The van der Waals surface area contributed by atoms with Gasteiger partial charge >= 0.3 is 12.1 Å². The molecule has 0 aromatic carbocycles. The maximum absolute atomic E-state index is 13.2. The molecule has 0 bridgehead atoms. The third-order valence-corrected chi connectivity index (χ3v) is 5.38. The molecule has 1 fully saturated rings. The van der Waals surface area contributed by atoms with Gasteiger partial charge in [-0.15, -0.1) is 0 Å². The first-order valence-corrected chi connectivity index (χ1v) is 11.2. The number of likely N-dealkylation sites (tertiary alicyclic amines) is 1. The van der Waals surface area contributed by atoms with Crippen molar-refractivity contribution in [3.8, 4) is 0 Å². The van der Waals surface area contributed by atoms with Gasteiger partial charge in [0.2, 0.25) is 5.91 Å². The molecule has 0 radical (unpaired) electrons. The van der Waals surface area contributed by atoms with Crippen molar-refractivity contribution in [1.29, 1.82) is 0 Å². The molecule has 1 unspecified atom stereocenters. The van der Waals surface area contributed by atoms with E-state index in [1.54, 1.807) is 41.5 Å². The molecule has 3 N–H and O–H groups in total. The standard InChI is InChI=1S/C22H39N3O5S/c1-9-14(12-24-13(2)26)10-16-15(18(23)31)11-17(19(27)29-21(3,4)5)25(16)20(28)30-22(6,7)8/h14-17H,9-12H2,1-8H3,(H2,23,31)(H,24,26)/t14?,15-,16-,17-/m1/s1. The number of nitrogens with one attached hydrogen (secondary N) is 1. The van der Waals surface area contributed by atoms with Crippen molar-refractivity contribution in [3.63, 3.8) is 0 Å². The van der Waals surface area contributed by atoms with Gasteiger partial charge < -0.3 is 20.5 Å². The van der Waals surface area contributed by atoms with Gasteiger partial charge in [0, 0.05) is 25.4 Å². The van der Waals surface area contributed by atoms with E-state index in [4.69, 9.17) is 27.4 Å². The van der Waals surface area contributed by atoms with Crippen LogP contribution < -0.4 is 11.1 Å². The van der Waals surface area contributed by atoms with Gasteiger partial charge in [-0.2, -0.15) is 0 Å². The average molecular weight is 458 g/mol. The molecule has 1 heterocycles. The zero-order chi connectivity index (χ0) is 24.1. The average Bonchev–Trinajstić information content (AvgIpc) is 2.95. The van der Waals surface area contributed by atoms with Crippen LogP contribution in [0.5, 0.6) is 0 Å². The van der Waals surface area contributed by atoms with Crippen molar-refractivity contribution in [2.75, 3.05) is 6.54 Å². The predicted molar refractivity (Wildman–Crippen MR) is 123 cm³/mol. The van der Waals surface area contributed by atoms with E-state index in [9.17, 15) is 14.4 Å². The minimum atomic E-state index is -0.844. The molecule has 2 amide bonds. The number of thiocarbonyl (C=S) groups is 1. The van der Waals surface area contributed by atoms with E-state index in [0.29, 0.717) is 13.0 Å². The van der Waals surface area contributed by atoms with Crippen molar-refractivity contribution in [1.82, 2.24) is 10.2 Å². The number of hydrogen-bond acceptors (Lipinski definition) is 6. The summed E-state index contributed by atoms with van der Waals surface area (Å²) in [6.45, 7) is 14.6. The lowest BCUT2D eigenvalue weighted by Crippen LogP contribution is -2.50. The highest BCUT2D eigenvalue weighted by Gasteiger charge is 2.51. The SMILES string of the molecule is CCC(CNC(C)=O)C[C@@H]1[C@H](C(N)=S)C[C@H](C(=O)OC(C)(C)C)N1C(=O)OC(C)(C)C. The summed E-state index contributed by atoms with van der Waals surface area (Å²) in [6.07, 6.45) is 0.990. The number of carbonyl (C=O) groups excluding carboxylic acids is 3. The molecule has 31 heavy (non-hydrogen) atoms. The summed E-state index contributed by atoms with van der Waals surface area (Å²) < 4.78 is 11.2. The molecule has 178 valence electrons. The van der Waals surface area contributed by atoms with Crippen LogP contribution in [-0.2, 0) is 19.1 Å². The molecular weight excluding hydrogens is 418 g/mol. The van der Waals surface area contributed by atoms with Crippen LogP contribution in [0.2, 0.25) is 0 Å². The highest BCUT2D eigenvalue weighted by Crippen LogP contribution is 2.37. The van der Waals surface area contributed by atoms with Gasteiger partial charge in [-0.3, -0.25) is 9.69 Å². The van der Waals surface area contributed by atoms with Crippen LogP contribution in [0, 0.1) is 11.8 Å². The highest BCUT2D eigenvalue weighted by atomic mass is 32.1. The quantitative estimate of drug-likeness (QED) is 0.446. The van der Waals surface area contributed by atoms with Gasteiger partial charge in [-0.1, -0.05) is 25.6 Å². The Labute approximate surface area is 191 Å². The Kier molecular flexibility index (Phi) is 9.29. The minimum absolute atomic E-state index is 0.0769. The van der Waals surface area contributed by atoms with Crippen LogP contribution >= 0.6 is 12.2 Å². The Balaban J connectivity index is 3.30. The van der Waals surface area contributed by atoms with E-state index in [0.717, 1.165) is 6.42 Å².